The number of carbonyl (C=O) groups is 1. The van der Waals surface area contributed by atoms with Crippen molar-refractivity contribution in [3.8, 4) is 0 Å². The van der Waals surface area contributed by atoms with Gasteiger partial charge in [-0.25, -0.2) is 0 Å². The van der Waals surface area contributed by atoms with E-state index in [1.54, 1.807) is 7.11 Å². The fourth-order valence-corrected chi connectivity index (χ4v) is 10.8. The standard InChI is InChI=1S/C12H18O2Si/c1-14-10(13)11-6-5-7-9(8(6)11)12(7,11)15(2,3)4/h6-9H,5H2,1-4H3. The lowest BCUT2D eigenvalue weighted by Gasteiger charge is -2.43. The molecule has 2 bridgehead atoms. The number of hydrogen-bond acceptors (Lipinski definition) is 2. The molecule has 0 aliphatic heterocycles. The molecule has 5 fully saturated rings. The van der Waals surface area contributed by atoms with Gasteiger partial charge in [0.2, 0.25) is 0 Å². The lowest BCUT2D eigenvalue weighted by Crippen LogP contribution is -2.48. The molecule has 2 nitrogen and oxygen atoms in total. The van der Waals surface area contributed by atoms with Crippen molar-refractivity contribution in [2.75, 3.05) is 7.11 Å². The van der Waals surface area contributed by atoms with Gasteiger partial charge in [-0.1, -0.05) is 19.6 Å². The monoisotopic (exact) mass is 222 g/mol. The van der Waals surface area contributed by atoms with Gasteiger partial charge in [-0.15, -0.1) is 0 Å². The molecule has 5 rings (SSSR count). The van der Waals surface area contributed by atoms with Crippen LogP contribution in [0.2, 0.25) is 24.7 Å². The van der Waals surface area contributed by atoms with Crippen LogP contribution in [0.15, 0.2) is 0 Å². The van der Waals surface area contributed by atoms with Gasteiger partial charge in [0.15, 0.2) is 0 Å². The Balaban J connectivity index is 1.84. The van der Waals surface area contributed by atoms with Crippen LogP contribution in [-0.4, -0.2) is 21.2 Å². The molecule has 6 unspecified atom stereocenters. The van der Waals surface area contributed by atoms with Crippen molar-refractivity contribution in [2.24, 2.45) is 29.1 Å². The van der Waals surface area contributed by atoms with Crippen molar-refractivity contribution >= 4 is 14.0 Å². The van der Waals surface area contributed by atoms with Crippen molar-refractivity contribution < 1.29 is 9.53 Å². The highest BCUT2D eigenvalue weighted by Gasteiger charge is 3.08. The molecule has 0 spiro atoms. The van der Waals surface area contributed by atoms with E-state index in [0.29, 0.717) is 5.04 Å². The zero-order valence-electron chi connectivity index (χ0n) is 9.83. The van der Waals surface area contributed by atoms with Crippen LogP contribution >= 0.6 is 0 Å². The van der Waals surface area contributed by atoms with E-state index in [9.17, 15) is 4.79 Å². The summed E-state index contributed by atoms with van der Waals surface area (Å²) in [5.41, 5.74) is 0.0432. The minimum absolute atomic E-state index is 0.0432. The minimum Gasteiger partial charge on any atom is -0.469 e. The SMILES string of the molecule is COC(=O)C12C3CC4C(C31)C42[Si](C)(C)C. The first-order valence-corrected chi connectivity index (χ1v) is 9.54. The summed E-state index contributed by atoms with van der Waals surface area (Å²) in [7, 11) is 0.348. The highest BCUT2D eigenvalue weighted by atomic mass is 28.3. The third kappa shape index (κ3) is 0.491. The third-order valence-electron chi connectivity index (χ3n) is 6.21. The average Bonchev–Trinajstić information content (AvgIpc) is 2.75. The van der Waals surface area contributed by atoms with Gasteiger partial charge in [0.25, 0.3) is 0 Å². The smallest absolute Gasteiger partial charge is 0.312 e. The summed E-state index contributed by atoms with van der Waals surface area (Å²) < 4.78 is 5.10. The van der Waals surface area contributed by atoms with Crippen LogP contribution in [0.4, 0.5) is 0 Å². The Hall–Kier alpha value is -0.313. The molecule has 3 heteroatoms. The van der Waals surface area contributed by atoms with Crippen LogP contribution in [0.3, 0.4) is 0 Å². The first-order chi connectivity index (χ1) is 6.95. The van der Waals surface area contributed by atoms with Gasteiger partial charge in [-0.3, -0.25) is 4.79 Å². The summed E-state index contributed by atoms with van der Waals surface area (Å²) >= 11 is 0. The fraction of sp³-hybridized carbons (Fsp3) is 0.917. The molecular formula is C12H18O2Si. The first-order valence-electron chi connectivity index (χ1n) is 6.04. The number of carbonyl (C=O) groups excluding carboxylic acids is 1. The number of hydrogen-bond donors (Lipinski definition) is 0. The van der Waals surface area contributed by atoms with E-state index in [0.717, 1.165) is 23.7 Å². The topological polar surface area (TPSA) is 26.3 Å². The molecule has 0 N–H and O–H groups in total. The Labute approximate surface area is 91.4 Å². The summed E-state index contributed by atoms with van der Waals surface area (Å²) in [4.78, 5) is 12.1. The van der Waals surface area contributed by atoms with Gasteiger partial charge < -0.3 is 4.74 Å². The molecular weight excluding hydrogens is 204 g/mol. The Kier molecular flexibility index (Phi) is 1.07. The number of esters is 1. The van der Waals surface area contributed by atoms with Crippen molar-refractivity contribution in [3.63, 3.8) is 0 Å². The lowest BCUT2D eigenvalue weighted by molar-refractivity contribution is -0.151. The largest absolute Gasteiger partial charge is 0.469 e. The van der Waals surface area contributed by atoms with E-state index in [1.807, 2.05) is 0 Å². The van der Waals surface area contributed by atoms with Gasteiger partial charge >= 0.3 is 5.97 Å². The van der Waals surface area contributed by atoms with Crippen LogP contribution in [0.1, 0.15) is 6.42 Å². The predicted molar refractivity (Wildman–Crippen MR) is 59.1 cm³/mol. The number of methoxy groups -OCH3 is 1. The van der Waals surface area contributed by atoms with Gasteiger partial charge in [0.1, 0.15) is 0 Å². The van der Waals surface area contributed by atoms with Crippen LogP contribution in [0, 0.1) is 29.1 Å². The average molecular weight is 222 g/mol. The first kappa shape index (κ1) is 8.80. The van der Waals surface area contributed by atoms with E-state index in [2.05, 4.69) is 19.6 Å². The summed E-state index contributed by atoms with van der Waals surface area (Å²) in [5, 5.41) is 0.475. The van der Waals surface area contributed by atoms with Gasteiger partial charge in [-0.2, -0.15) is 0 Å². The second-order valence-electron chi connectivity index (χ2n) is 6.98. The molecule has 0 heterocycles. The lowest BCUT2D eigenvalue weighted by atomic mass is 9.83. The van der Waals surface area contributed by atoms with Crippen LogP contribution < -0.4 is 0 Å². The molecule has 15 heavy (non-hydrogen) atoms. The van der Waals surface area contributed by atoms with Gasteiger partial charge in [0.05, 0.1) is 20.6 Å². The zero-order chi connectivity index (χ0) is 10.8. The summed E-state index contributed by atoms with van der Waals surface area (Å²) in [5.74, 6) is 3.47. The predicted octanol–water partition coefficient (Wildman–Crippen LogP) is 2.13. The second kappa shape index (κ2) is 1.83. The number of rotatable bonds is 2. The highest BCUT2D eigenvalue weighted by molar-refractivity contribution is 6.81. The van der Waals surface area contributed by atoms with Crippen LogP contribution in [-0.2, 0) is 9.53 Å². The Morgan fingerprint density at radius 2 is 1.93 bits per heavy atom. The molecule has 0 aromatic rings. The summed E-state index contributed by atoms with van der Waals surface area (Å²) in [6, 6.07) is 0. The molecule has 6 atom stereocenters. The Morgan fingerprint density at radius 1 is 1.27 bits per heavy atom. The highest BCUT2D eigenvalue weighted by Crippen LogP contribution is 3.10. The van der Waals surface area contributed by atoms with E-state index in [1.165, 1.54) is 6.42 Å². The maximum Gasteiger partial charge on any atom is 0.312 e. The molecule has 0 aromatic heterocycles. The number of ether oxygens (including phenoxy) is 1. The molecule has 82 valence electrons. The van der Waals surface area contributed by atoms with Crippen molar-refractivity contribution in [2.45, 2.75) is 31.1 Å². The van der Waals surface area contributed by atoms with Crippen LogP contribution in [0.25, 0.3) is 0 Å². The maximum absolute atomic E-state index is 12.1. The van der Waals surface area contributed by atoms with Gasteiger partial charge in [-0.05, 0) is 35.1 Å². The molecule has 0 saturated heterocycles. The van der Waals surface area contributed by atoms with Crippen molar-refractivity contribution in [3.05, 3.63) is 0 Å². The van der Waals surface area contributed by atoms with Crippen molar-refractivity contribution in [1.29, 1.82) is 0 Å². The minimum atomic E-state index is -1.22. The van der Waals surface area contributed by atoms with Crippen molar-refractivity contribution in [1.82, 2.24) is 0 Å². The molecule has 5 saturated carbocycles. The van der Waals surface area contributed by atoms with E-state index < -0.39 is 8.07 Å². The molecule has 0 amide bonds. The summed E-state index contributed by atoms with van der Waals surface area (Å²) in [6.07, 6.45) is 1.34. The van der Waals surface area contributed by atoms with E-state index in [4.69, 9.17) is 4.74 Å². The molecule has 0 aromatic carbocycles. The quantitative estimate of drug-likeness (QED) is 0.528. The summed E-state index contributed by atoms with van der Waals surface area (Å²) in [6.45, 7) is 7.34. The van der Waals surface area contributed by atoms with Crippen LogP contribution in [0.5, 0.6) is 0 Å². The molecule has 5 aliphatic rings. The molecule has 0 radical (unpaired) electrons. The van der Waals surface area contributed by atoms with E-state index >= 15 is 0 Å². The third-order valence-corrected chi connectivity index (χ3v) is 9.81. The normalized spacial score (nSPS) is 61.9. The maximum atomic E-state index is 12.1. The Bertz CT molecular complexity index is 387. The second-order valence-corrected chi connectivity index (χ2v) is 12.3. The fourth-order valence-electron chi connectivity index (χ4n) is 6.35. The molecule has 5 aliphatic carbocycles. The van der Waals surface area contributed by atoms with E-state index in [-0.39, 0.29) is 11.4 Å². The Morgan fingerprint density at radius 3 is 2.33 bits per heavy atom. The zero-order valence-corrected chi connectivity index (χ0v) is 10.8. The van der Waals surface area contributed by atoms with Gasteiger partial charge in [0, 0.05) is 0 Å².